The average Bonchev–Trinajstić information content (AvgIpc) is 2.46. The molecule has 0 aliphatic heterocycles. The van der Waals surface area contributed by atoms with Gasteiger partial charge in [-0.05, 0) is 0 Å². The van der Waals surface area contributed by atoms with Crippen LogP contribution in [0.2, 0.25) is 0 Å². The molecule has 0 aromatic carbocycles. The Bertz CT molecular complexity index is 686. The predicted octanol–water partition coefficient (Wildman–Crippen LogP) is 0.820. The molecule has 154 valence electrons. The largest absolute Gasteiger partial charge is 0.516 e. The van der Waals surface area contributed by atoms with E-state index >= 15 is 0 Å². The highest BCUT2D eigenvalue weighted by molar-refractivity contribution is 7.91. The lowest BCUT2D eigenvalue weighted by atomic mass is 10.5. The van der Waals surface area contributed by atoms with E-state index < -0.39 is 76.3 Å². The van der Waals surface area contributed by atoms with Crippen LogP contribution < -0.4 is 0 Å². The summed E-state index contributed by atoms with van der Waals surface area (Å²) in [7, 11) is -13.1. The van der Waals surface area contributed by atoms with Gasteiger partial charge in [-0.15, -0.1) is 23.2 Å². The van der Waals surface area contributed by atoms with Gasteiger partial charge in [0.1, 0.15) is 0 Å². The predicted molar refractivity (Wildman–Crippen MR) is 74.8 cm³/mol. The van der Waals surface area contributed by atoms with Crippen LogP contribution in [0.4, 0.5) is 26.3 Å². The van der Waals surface area contributed by atoms with E-state index in [1.165, 1.54) is 0 Å². The molecule has 2 amide bonds. The van der Waals surface area contributed by atoms with Crippen molar-refractivity contribution < 1.29 is 52.8 Å². The standard InChI is InChI=1S/C8H8Cl2F6N2O6S2/c9-1-3-17(25(21,22)7(11,12)13)5(19)6(20)18(4-2-10)26(23,24)8(14,15)16/h1-4H2. The van der Waals surface area contributed by atoms with Gasteiger partial charge in [0.25, 0.3) is 0 Å². The lowest BCUT2D eigenvalue weighted by Gasteiger charge is -2.26. The number of halogens is 8. The van der Waals surface area contributed by atoms with Crippen molar-refractivity contribution in [3.8, 4) is 0 Å². The van der Waals surface area contributed by atoms with E-state index in [-0.39, 0.29) is 0 Å². The molecule has 0 saturated heterocycles. The first-order chi connectivity index (χ1) is 11.5. The topological polar surface area (TPSA) is 109 Å². The molecule has 0 aliphatic carbocycles. The minimum Gasteiger partial charge on any atom is -0.262 e. The van der Waals surface area contributed by atoms with Crippen molar-refractivity contribution in [2.75, 3.05) is 24.8 Å². The van der Waals surface area contributed by atoms with Crippen LogP contribution in [0.15, 0.2) is 0 Å². The van der Waals surface area contributed by atoms with Crippen LogP contribution in [-0.2, 0) is 29.6 Å². The highest BCUT2D eigenvalue weighted by Gasteiger charge is 2.56. The summed E-state index contributed by atoms with van der Waals surface area (Å²) < 4.78 is 118. The van der Waals surface area contributed by atoms with E-state index in [4.69, 9.17) is 23.2 Å². The Labute approximate surface area is 152 Å². The monoisotopic (exact) mass is 476 g/mol. The zero-order valence-corrected chi connectivity index (χ0v) is 15.2. The van der Waals surface area contributed by atoms with Crippen LogP contribution in [0.5, 0.6) is 0 Å². The molecular weight excluding hydrogens is 469 g/mol. The Morgan fingerprint density at radius 3 is 1.08 bits per heavy atom. The van der Waals surface area contributed by atoms with Gasteiger partial charge in [-0.3, -0.25) is 9.59 Å². The number of alkyl halides is 8. The van der Waals surface area contributed by atoms with Gasteiger partial charge < -0.3 is 0 Å². The molecule has 0 bridgehead atoms. The molecule has 0 saturated carbocycles. The first kappa shape index (κ1) is 25.0. The van der Waals surface area contributed by atoms with E-state index in [0.717, 1.165) is 0 Å². The van der Waals surface area contributed by atoms with Gasteiger partial charge in [0, 0.05) is 11.8 Å². The quantitative estimate of drug-likeness (QED) is 0.319. The molecule has 0 heterocycles. The molecule has 0 atom stereocenters. The second-order valence-electron chi connectivity index (χ2n) is 4.03. The normalized spacial score (nSPS) is 13.4. The molecular formula is C8H8Cl2F6N2O6S2. The smallest absolute Gasteiger partial charge is 0.262 e. The van der Waals surface area contributed by atoms with Crippen molar-refractivity contribution in [3.63, 3.8) is 0 Å². The van der Waals surface area contributed by atoms with Gasteiger partial charge in [-0.2, -0.15) is 43.2 Å². The summed E-state index contributed by atoms with van der Waals surface area (Å²) in [5.74, 6) is -7.37. The maximum Gasteiger partial charge on any atom is 0.516 e. The summed E-state index contributed by atoms with van der Waals surface area (Å²) in [4.78, 5) is 23.5. The van der Waals surface area contributed by atoms with Crippen molar-refractivity contribution in [1.82, 2.24) is 8.61 Å². The lowest BCUT2D eigenvalue weighted by molar-refractivity contribution is -0.147. The minimum atomic E-state index is -6.53. The number of carbonyl (C=O) groups excluding carboxylic acids is 2. The van der Waals surface area contributed by atoms with Crippen molar-refractivity contribution in [1.29, 1.82) is 0 Å². The summed E-state index contributed by atoms with van der Waals surface area (Å²) in [6.45, 7) is -2.93. The highest BCUT2D eigenvalue weighted by Crippen LogP contribution is 2.29. The molecule has 26 heavy (non-hydrogen) atoms. The molecule has 0 aromatic rings. The van der Waals surface area contributed by atoms with Crippen LogP contribution in [-0.4, -0.2) is 73.1 Å². The maximum absolute atomic E-state index is 12.5. The third-order valence-electron chi connectivity index (χ3n) is 2.38. The molecule has 0 N–H and O–H groups in total. The van der Waals surface area contributed by atoms with E-state index in [0.29, 0.717) is 0 Å². The molecule has 8 nitrogen and oxygen atoms in total. The van der Waals surface area contributed by atoms with Gasteiger partial charge in [-0.1, -0.05) is 0 Å². The maximum atomic E-state index is 12.5. The van der Waals surface area contributed by atoms with Crippen molar-refractivity contribution in [2.24, 2.45) is 0 Å². The molecule has 18 heteroatoms. The average molecular weight is 477 g/mol. The number of rotatable bonds is 6. The lowest BCUT2D eigenvalue weighted by Crippen LogP contribution is -2.55. The van der Waals surface area contributed by atoms with Crippen LogP contribution in [0.1, 0.15) is 0 Å². The number of hydrogen-bond acceptors (Lipinski definition) is 6. The third-order valence-corrected chi connectivity index (χ3v) is 5.74. The van der Waals surface area contributed by atoms with Crippen molar-refractivity contribution in [3.05, 3.63) is 0 Å². The number of hydrogen-bond donors (Lipinski definition) is 0. The number of nitrogens with zero attached hydrogens (tertiary/aromatic N) is 2. The number of carbonyl (C=O) groups is 2. The fourth-order valence-corrected chi connectivity index (χ4v) is 3.57. The number of amides is 2. The zero-order valence-electron chi connectivity index (χ0n) is 12.0. The molecule has 0 rings (SSSR count). The highest BCUT2D eigenvalue weighted by atomic mass is 35.5. The summed E-state index contributed by atoms with van der Waals surface area (Å²) >= 11 is 10.1. The Morgan fingerprint density at radius 1 is 0.692 bits per heavy atom. The van der Waals surface area contributed by atoms with E-state index in [2.05, 4.69) is 0 Å². The third kappa shape index (κ3) is 5.04. The molecule has 0 fully saturated rings. The van der Waals surface area contributed by atoms with E-state index in [9.17, 15) is 52.8 Å². The molecule has 0 spiro atoms. The van der Waals surface area contributed by atoms with Crippen molar-refractivity contribution >= 4 is 55.1 Å². The van der Waals surface area contributed by atoms with E-state index in [1.807, 2.05) is 0 Å². The van der Waals surface area contributed by atoms with Gasteiger partial charge in [0.2, 0.25) is 0 Å². The summed E-state index contributed by atoms with van der Waals surface area (Å²) in [6.07, 6.45) is 0. The summed E-state index contributed by atoms with van der Waals surface area (Å²) in [6, 6.07) is 0. The molecule has 0 aromatic heterocycles. The van der Waals surface area contributed by atoms with Gasteiger partial charge in [0.05, 0.1) is 13.1 Å². The fraction of sp³-hybridized carbons (Fsp3) is 0.750. The van der Waals surface area contributed by atoms with Crippen LogP contribution in [0.25, 0.3) is 0 Å². The summed E-state index contributed by atoms with van der Waals surface area (Å²) in [5.41, 5.74) is -12.2. The fourth-order valence-electron chi connectivity index (χ4n) is 1.28. The zero-order chi connectivity index (χ0) is 21.1. The van der Waals surface area contributed by atoms with Gasteiger partial charge in [-0.25, -0.2) is 8.61 Å². The summed E-state index contributed by atoms with van der Waals surface area (Å²) in [5, 5.41) is 0. The van der Waals surface area contributed by atoms with Crippen LogP contribution in [0.3, 0.4) is 0 Å². The van der Waals surface area contributed by atoms with Crippen molar-refractivity contribution in [2.45, 2.75) is 11.0 Å². The molecule has 0 radical (unpaired) electrons. The van der Waals surface area contributed by atoms with Crippen LogP contribution >= 0.6 is 23.2 Å². The second kappa shape index (κ2) is 8.35. The van der Waals surface area contributed by atoms with E-state index in [1.54, 1.807) is 0 Å². The minimum absolute atomic E-state index is 0.976. The van der Waals surface area contributed by atoms with Crippen LogP contribution in [0, 0.1) is 0 Å². The van der Waals surface area contributed by atoms with Gasteiger partial charge >= 0.3 is 42.9 Å². The SMILES string of the molecule is O=C(C(=O)N(CCCl)S(=O)(=O)C(F)(F)F)N(CCCl)S(=O)(=O)C(F)(F)F. The Balaban J connectivity index is 6.18. The molecule has 0 aliphatic rings. The Kier molecular flexibility index (Phi) is 8.03. The Hall–Kier alpha value is -1.00. The first-order valence-electron chi connectivity index (χ1n) is 5.85. The first-order valence-corrected chi connectivity index (χ1v) is 9.80. The molecule has 0 unspecified atom stereocenters. The number of sulfonamides is 2. The van der Waals surface area contributed by atoms with Gasteiger partial charge in [0.15, 0.2) is 0 Å². The Morgan fingerprint density at radius 2 is 0.923 bits per heavy atom. The second-order valence-corrected chi connectivity index (χ2v) is 8.50.